The van der Waals surface area contributed by atoms with Gasteiger partial charge in [0.2, 0.25) is 5.91 Å². The van der Waals surface area contributed by atoms with Crippen LogP contribution in [0.25, 0.3) is 0 Å². The summed E-state index contributed by atoms with van der Waals surface area (Å²) in [5, 5.41) is 6.81. The van der Waals surface area contributed by atoms with Gasteiger partial charge in [0.1, 0.15) is 12.5 Å². The Morgan fingerprint density at radius 1 is 1.11 bits per heavy atom. The summed E-state index contributed by atoms with van der Waals surface area (Å²) < 4.78 is 5.05. The first kappa shape index (κ1) is 23.1. The molecule has 5 rings (SSSR count). The van der Waals surface area contributed by atoms with Crippen molar-refractivity contribution >= 4 is 46.4 Å². The van der Waals surface area contributed by atoms with Gasteiger partial charge in [0.05, 0.1) is 17.9 Å². The zero-order chi connectivity index (χ0) is 24.4. The Morgan fingerprint density at radius 2 is 1.89 bits per heavy atom. The lowest BCUT2D eigenvalue weighted by Crippen LogP contribution is -2.24. The summed E-state index contributed by atoms with van der Waals surface area (Å²) in [7, 11) is 0. The first-order chi connectivity index (χ1) is 17.0. The Morgan fingerprint density at radius 3 is 2.57 bits per heavy atom. The number of anilines is 2. The number of halogens is 1. The summed E-state index contributed by atoms with van der Waals surface area (Å²) in [6, 6.07) is 20.9. The van der Waals surface area contributed by atoms with E-state index in [1.807, 2.05) is 54.6 Å². The number of nitrogens with zero attached hydrogens (tertiary/aromatic N) is 2. The number of aliphatic imine (C=N–C) groups is 1. The van der Waals surface area contributed by atoms with E-state index in [2.05, 4.69) is 17.6 Å². The fraction of sp³-hybridized carbons (Fsp3) is 0.222. The zero-order valence-electron chi connectivity index (χ0n) is 19.3. The minimum Gasteiger partial charge on any atom is -0.447 e. The third kappa shape index (κ3) is 4.78. The second-order valence-electron chi connectivity index (χ2n) is 8.41. The average molecular weight is 489 g/mol. The molecule has 0 aromatic heterocycles. The Hall–Kier alpha value is -3.68. The highest BCUT2D eigenvalue weighted by atomic mass is 35.5. The molecule has 0 bridgehead atoms. The Kier molecular flexibility index (Phi) is 6.53. The molecule has 0 aliphatic carbocycles. The van der Waals surface area contributed by atoms with Gasteiger partial charge in [-0.2, -0.15) is 0 Å². The molecule has 2 N–H and O–H groups in total. The first-order valence-electron chi connectivity index (χ1n) is 11.6. The van der Waals surface area contributed by atoms with Crippen LogP contribution < -0.4 is 15.5 Å². The standard InChI is InChI=1S/C27H25ClN4O3/c1-2-29-16-17-3-8-20(9-4-17)30-25(24-22-12-7-19(28)15-23(22)31-26(24)33)18-5-10-21(11-6-18)32-13-14-35-27(32)34/h3-12,15,24,29H,2,13-14,16H2,1H3,(H,31,33). The molecule has 8 heteroatoms. The summed E-state index contributed by atoms with van der Waals surface area (Å²) >= 11 is 6.16. The van der Waals surface area contributed by atoms with Crippen molar-refractivity contribution < 1.29 is 14.3 Å². The molecule has 2 amide bonds. The topological polar surface area (TPSA) is 83.0 Å². The summed E-state index contributed by atoms with van der Waals surface area (Å²) in [4.78, 5) is 31.6. The van der Waals surface area contributed by atoms with Gasteiger partial charge in [0, 0.05) is 22.9 Å². The number of benzene rings is 3. The Bertz CT molecular complexity index is 1290. The van der Waals surface area contributed by atoms with Crippen molar-refractivity contribution in [3.63, 3.8) is 0 Å². The highest BCUT2D eigenvalue weighted by molar-refractivity contribution is 6.31. The van der Waals surface area contributed by atoms with Gasteiger partial charge in [0.15, 0.2) is 0 Å². The fourth-order valence-electron chi connectivity index (χ4n) is 4.34. The fourth-order valence-corrected chi connectivity index (χ4v) is 4.51. The molecule has 178 valence electrons. The smallest absolute Gasteiger partial charge is 0.414 e. The number of cyclic esters (lactones) is 1. The van der Waals surface area contributed by atoms with Gasteiger partial charge < -0.3 is 15.4 Å². The number of amides is 2. The Labute approximate surface area is 208 Å². The lowest BCUT2D eigenvalue weighted by Gasteiger charge is -2.16. The van der Waals surface area contributed by atoms with Crippen LogP contribution in [-0.4, -0.2) is 37.4 Å². The van der Waals surface area contributed by atoms with Gasteiger partial charge in [-0.1, -0.05) is 48.9 Å². The number of fused-ring (bicyclic) bond motifs is 1. The van der Waals surface area contributed by atoms with Gasteiger partial charge in [-0.05, 0) is 59.6 Å². The van der Waals surface area contributed by atoms with E-state index in [-0.39, 0.29) is 12.0 Å². The molecule has 2 heterocycles. The molecule has 7 nitrogen and oxygen atoms in total. The molecule has 0 radical (unpaired) electrons. The molecular weight excluding hydrogens is 464 g/mol. The predicted molar refractivity (Wildman–Crippen MR) is 138 cm³/mol. The van der Waals surface area contributed by atoms with E-state index >= 15 is 0 Å². The molecule has 1 saturated heterocycles. The third-order valence-corrected chi connectivity index (χ3v) is 6.36. The third-order valence-electron chi connectivity index (χ3n) is 6.12. The molecule has 35 heavy (non-hydrogen) atoms. The normalized spacial score (nSPS) is 17.4. The molecule has 1 unspecified atom stereocenters. The van der Waals surface area contributed by atoms with Crippen molar-refractivity contribution in [3.05, 3.63) is 88.4 Å². The monoisotopic (exact) mass is 488 g/mol. The van der Waals surface area contributed by atoms with E-state index < -0.39 is 5.92 Å². The average Bonchev–Trinajstić information content (AvgIpc) is 3.43. The van der Waals surface area contributed by atoms with Crippen LogP contribution in [0, 0.1) is 0 Å². The minimum atomic E-state index is -0.591. The first-order valence-corrected chi connectivity index (χ1v) is 11.9. The van der Waals surface area contributed by atoms with E-state index in [1.165, 1.54) is 0 Å². The lowest BCUT2D eigenvalue weighted by atomic mass is 9.90. The van der Waals surface area contributed by atoms with E-state index in [9.17, 15) is 9.59 Å². The van der Waals surface area contributed by atoms with Crippen LogP contribution in [0.3, 0.4) is 0 Å². The Balaban J connectivity index is 1.54. The molecule has 0 spiro atoms. The van der Waals surface area contributed by atoms with Crippen LogP contribution in [0.5, 0.6) is 0 Å². The van der Waals surface area contributed by atoms with Crippen LogP contribution in [0.2, 0.25) is 5.02 Å². The highest BCUT2D eigenvalue weighted by Gasteiger charge is 2.35. The van der Waals surface area contributed by atoms with Crippen molar-refractivity contribution in [2.45, 2.75) is 19.4 Å². The summed E-state index contributed by atoms with van der Waals surface area (Å²) in [5.74, 6) is -0.747. The number of nitrogens with one attached hydrogen (secondary N) is 2. The highest BCUT2D eigenvalue weighted by Crippen LogP contribution is 2.38. The van der Waals surface area contributed by atoms with Gasteiger partial charge in [0.25, 0.3) is 0 Å². The van der Waals surface area contributed by atoms with Crippen molar-refractivity contribution in [1.29, 1.82) is 0 Å². The molecular formula is C27H25ClN4O3. The second kappa shape index (κ2) is 9.90. The minimum absolute atomic E-state index is 0.156. The maximum atomic E-state index is 13.1. The van der Waals surface area contributed by atoms with Gasteiger partial charge >= 0.3 is 6.09 Å². The molecule has 3 aromatic rings. The number of carbonyl (C=O) groups is 2. The summed E-state index contributed by atoms with van der Waals surface area (Å²) in [5.41, 5.74) is 5.59. The van der Waals surface area contributed by atoms with Crippen LogP contribution in [0.1, 0.15) is 29.5 Å². The van der Waals surface area contributed by atoms with Crippen LogP contribution >= 0.6 is 11.6 Å². The molecule has 1 atom stereocenters. The summed E-state index contributed by atoms with van der Waals surface area (Å²) in [6.45, 7) is 4.64. The number of carbonyl (C=O) groups excluding carboxylic acids is 2. The number of rotatable bonds is 7. The van der Waals surface area contributed by atoms with E-state index in [1.54, 1.807) is 17.0 Å². The summed E-state index contributed by atoms with van der Waals surface area (Å²) in [6.07, 6.45) is -0.356. The molecule has 2 aliphatic heterocycles. The molecule has 2 aliphatic rings. The van der Waals surface area contributed by atoms with Gasteiger partial charge in [-0.3, -0.25) is 14.7 Å². The predicted octanol–water partition coefficient (Wildman–Crippen LogP) is 5.26. The van der Waals surface area contributed by atoms with Crippen molar-refractivity contribution in [1.82, 2.24) is 5.32 Å². The largest absolute Gasteiger partial charge is 0.447 e. The molecule has 0 saturated carbocycles. The van der Waals surface area contributed by atoms with Crippen molar-refractivity contribution in [3.8, 4) is 0 Å². The van der Waals surface area contributed by atoms with Crippen molar-refractivity contribution in [2.24, 2.45) is 4.99 Å². The lowest BCUT2D eigenvalue weighted by molar-refractivity contribution is -0.115. The van der Waals surface area contributed by atoms with E-state index in [0.717, 1.165) is 41.2 Å². The molecule has 3 aromatic carbocycles. The number of ether oxygens (including phenoxy) is 1. The number of hydrogen-bond acceptors (Lipinski definition) is 5. The second-order valence-corrected chi connectivity index (χ2v) is 8.85. The van der Waals surface area contributed by atoms with Crippen LogP contribution in [0.4, 0.5) is 21.9 Å². The van der Waals surface area contributed by atoms with Gasteiger partial charge in [-0.25, -0.2) is 4.79 Å². The van der Waals surface area contributed by atoms with Gasteiger partial charge in [-0.15, -0.1) is 0 Å². The van der Waals surface area contributed by atoms with Crippen molar-refractivity contribution in [2.75, 3.05) is 29.9 Å². The van der Waals surface area contributed by atoms with E-state index in [4.69, 9.17) is 21.3 Å². The van der Waals surface area contributed by atoms with E-state index in [0.29, 0.717) is 29.6 Å². The maximum Gasteiger partial charge on any atom is 0.414 e. The van der Waals surface area contributed by atoms with Crippen LogP contribution in [0.15, 0.2) is 71.7 Å². The zero-order valence-corrected chi connectivity index (χ0v) is 20.0. The SMILES string of the molecule is CCNCc1ccc(N=C(c2ccc(N3CCOC3=O)cc2)C2C(=O)Nc3cc(Cl)ccc32)cc1. The van der Waals surface area contributed by atoms with Crippen LogP contribution in [-0.2, 0) is 16.1 Å². The maximum absolute atomic E-state index is 13.1. The molecule has 1 fully saturated rings. The number of hydrogen-bond donors (Lipinski definition) is 2. The quantitative estimate of drug-likeness (QED) is 0.444.